The largest absolute Gasteiger partial charge is 0.465 e. The number of H-pyrrole nitrogens is 1. The van der Waals surface area contributed by atoms with Crippen LogP contribution >= 0.6 is 11.6 Å². The Bertz CT molecular complexity index is 670. The van der Waals surface area contributed by atoms with Gasteiger partial charge < -0.3 is 15.8 Å². The molecule has 8 nitrogen and oxygen atoms in total. The van der Waals surface area contributed by atoms with Gasteiger partial charge in [0.05, 0.1) is 18.4 Å². The number of aromatic amines is 1. The molecular formula is C11H10ClN5O3. The van der Waals surface area contributed by atoms with E-state index in [1.807, 2.05) is 0 Å². The van der Waals surface area contributed by atoms with Gasteiger partial charge >= 0.3 is 5.97 Å². The third kappa shape index (κ3) is 2.86. The number of carbonyl (C=O) groups excluding carboxylic acids is 2. The van der Waals surface area contributed by atoms with Crippen LogP contribution in [0.25, 0.3) is 0 Å². The van der Waals surface area contributed by atoms with Crippen LogP contribution in [0.5, 0.6) is 0 Å². The van der Waals surface area contributed by atoms with Gasteiger partial charge in [0.15, 0.2) is 0 Å². The lowest BCUT2D eigenvalue weighted by Crippen LogP contribution is -2.17. The zero-order valence-electron chi connectivity index (χ0n) is 10.3. The van der Waals surface area contributed by atoms with Gasteiger partial charge in [-0.25, -0.2) is 4.79 Å². The number of carbonyl (C=O) groups is 2. The minimum atomic E-state index is -0.610. The predicted molar refractivity (Wildman–Crippen MR) is 71.5 cm³/mol. The number of methoxy groups -OCH3 is 1. The number of esters is 1. The maximum Gasteiger partial charge on any atom is 0.339 e. The number of hydrogen-bond donors (Lipinski definition) is 3. The Morgan fingerprint density at radius 2 is 2.20 bits per heavy atom. The molecule has 20 heavy (non-hydrogen) atoms. The Morgan fingerprint density at radius 1 is 1.45 bits per heavy atom. The van der Waals surface area contributed by atoms with Gasteiger partial charge in [0.1, 0.15) is 0 Å². The molecule has 0 aliphatic rings. The lowest BCUT2D eigenvalue weighted by Gasteiger charge is -2.09. The number of benzene rings is 1. The van der Waals surface area contributed by atoms with Crippen molar-refractivity contribution in [2.24, 2.45) is 0 Å². The molecular weight excluding hydrogens is 286 g/mol. The van der Waals surface area contributed by atoms with Gasteiger partial charge in [-0.15, -0.1) is 5.10 Å². The summed E-state index contributed by atoms with van der Waals surface area (Å²) in [6.07, 6.45) is 0. The molecule has 0 atom stereocenters. The molecule has 0 saturated carbocycles. The highest BCUT2D eigenvalue weighted by Crippen LogP contribution is 2.22. The van der Waals surface area contributed by atoms with Crippen LogP contribution in [-0.2, 0) is 4.74 Å². The molecule has 0 unspecified atom stereocenters. The second-order valence-corrected chi connectivity index (χ2v) is 4.11. The number of ether oxygens (including phenoxy) is 1. The Hall–Kier alpha value is -2.61. The van der Waals surface area contributed by atoms with Crippen molar-refractivity contribution < 1.29 is 14.3 Å². The number of nitrogens with one attached hydrogen (secondary N) is 2. The first-order valence-electron chi connectivity index (χ1n) is 5.38. The Morgan fingerprint density at radius 3 is 2.80 bits per heavy atom. The third-order valence-electron chi connectivity index (χ3n) is 2.35. The standard InChI is InChI=1S/C11H10ClN5O3/c1-20-10(19)6-3-2-5(12)4-7(6)14-9(18)8-15-11(13)17-16-8/h2-4H,1H3,(H,14,18)(H3,13,15,16,17). The molecule has 2 rings (SSSR count). The van der Waals surface area contributed by atoms with Crippen molar-refractivity contribution in [3.63, 3.8) is 0 Å². The molecule has 1 aromatic carbocycles. The average Bonchev–Trinajstić information content (AvgIpc) is 2.85. The smallest absolute Gasteiger partial charge is 0.339 e. The van der Waals surface area contributed by atoms with Crippen LogP contribution in [0.3, 0.4) is 0 Å². The molecule has 0 aliphatic heterocycles. The number of amides is 1. The van der Waals surface area contributed by atoms with E-state index < -0.39 is 11.9 Å². The summed E-state index contributed by atoms with van der Waals surface area (Å²) in [5.41, 5.74) is 5.67. The summed E-state index contributed by atoms with van der Waals surface area (Å²) in [7, 11) is 1.24. The molecule has 0 bridgehead atoms. The summed E-state index contributed by atoms with van der Waals surface area (Å²) < 4.78 is 4.62. The fourth-order valence-corrected chi connectivity index (χ4v) is 1.64. The topological polar surface area (TPSA) is 123 Å². The number of nitrogens with zero attached hydrogens (tertiary/aromatic N) is 2. The molecule has 9 heteroatoms. The van der Waals surface area contributed by atoms with E-state index in [4.69, 9.17) is 17.3 Å². The molecule has 0 spiro atoms. The summed E-state index contributed by atoms with van der Waals surface area (Å²) >= 11 is 5.84. The van der Waals surface area contributed by atoms with Gasteiger partial charge in [-0.3, -0.25) is 9.89 Å². The molecule has 0 radical (unpaired) electrons. The number of nitrogen functional groups attached to an aromatic ring is 1. The van der Waals surface area contributed by atoms with E-state index in [0.717, 1.165) is 0 Å². The Labute approximate surface area is 118 Å². The highest BCUT2D eigenvalue weighted by Gasteiger charge is 2.17. The van der Waals surface area contributed by atoms with Crippen LogP contribution in [0.2, 0.25) is 5.02 Å². The van der Waals surface area contributed by atoms with E-state index in [0.29, 0.717) is 5.02 Å². The van der Waals surface area contributed by atoms with Crippen molar-refractivity contribution >= 4 is 35.1 Å². The van der Waals surface area contributed by atoms with Gasteiger partial charge in [-0.2, -0.15) is 4.98 Å². The number of rotatable bonds is 3. The van der Waals surface area contributed by atoms with Crippen LogP contribution in [0.15, 0.2) is 18.2 Å². The molecule has 2 aromatic rings. The third-order valence-corrected chi connectivity index (χ3v) is 2.59. The number of nitrogens with two attached hydrogens (primary N) is 1. The maximum absolute atomic E-state index is 11.9. The fraction of sp³-hybridized carbons (Fsp3) is 0.0909. The molecule has 0 aliphatic carbocycles. The number of halogens is 1. The summed E-state index contributed by atoms with van der Waals surface area (Å²) in [5, 5.41) is 8.72. The van der Waals surface area contributed by atoms with E-state index in [9.17, 15) is 9.59 Å². The molecule has 0 saturated heterocycles. The molecule has 1 amide bonds. The second-order valence-electron chi connectivity index (χ2n) is 3.68. The van der Waals surface area contributed by atoms with Crippen molar-refractivity contribution in [3.05, 3.63) is 34.6 Å². The highest BCUT2D eigenvalue weighted by molar-refractivity contribution is 6.31. The van der Waals surface area contributed by atoms with E-state index in [-0.39, 0.29) is 23.0 Å². The van der Waals surface area contributed by atoms with Crippen LogP contribution < -0.4 is 11.1 Å². The highest BCUT2D eigenvalue weighted by atomic mass is 35.5. The second kappa shape index (κ2) is 5.57. The first-order chi connectivity index (χ1) is 9.51. The normalized spacial score (nSPS) is 10.1. The minimum absolute atomic E-state index is 0.0607. The van der Waals surface area contributed by atoms with E-state index in [1.54, 1.807) is 0 Å². The Kier molecular flexibility index (Phi) is 3.85. The van der Waals surface area contributed by atoms with Crippen molar-refractivity contribution in [1.82, 2.24) is 15.2 Å². The molecule has 0 fully saturated rings. The van der Waals surface area contributed by atoms with Crippen LogP contribution in [0.4, 0.5) is 11.6 Å². The quantitative estimate of drug-likeness (QED) is 0.728. The fourth-order valence-electron chi connectivity index (χ4n) is 1.47. The van der Waals surface area contributed by atoms with Crippen LogP contribution in [-0.4, -0.2) is 34.2 Å². The minimum Gasteiger partial charge on any atom is -0.465 e. The molecule has 1 heterocycles. The lowest BCUT2D eigenvalue weighted by atomic mass is 10.2. The van der Waals surface area contributed by atoms with Crippen LogP contribution in [0.1, 0.15) is 21.0 Å². The van der Waals surface area contributed by atoms with Crippen molar-refractivity contribution in [1.29, 1.82) is 0 Å². The lowest BCUT2D eigenvalue weighted by molar-refractivity contribution is 0.0602. The van der Waals surface area contributed by atoms with E-state index in [2.05, 4.69) is 25.2 Å². The first kappa shape index (κ1) is 13.8. The average molecular weight is 296 g/mol. The van der Waals surface area contributed by atoms with E-state index in [1.165, 1.54) is 25.3 Å². The van der Waals surface area contributed by atoms with Crippen molar-refractivity contribution in [2.45, 2.75) is 0 Å². The zero-order chi connectivity index (χ0) is 14.7. The zero-order valence-corrected chi connectivity index (χ0v) is 11.1. The first-order valence-corrected chi connectivity index (χ1v) is 5.76. The molecule has 4 N–H and O–H groups in total. The van der Waals surface area contributed by atoms with E-state index >= 15 is 0 Å². The monoisotopic (exact) mass is 295 g/mol. The molecule has 1 aromatic heterocycles. The maximum atomic E-state index is 11.9. The van der Waals surface area contributed by atoms with Crippen molar-refractivity contribution in [3.8, 4) is 0 Å². The summed E-state index contributed by atoms with van der Waals surface area (Å²) in [6, 6.07) is 4.37. The SMILES string of the molecule is COC(=O)c1ccc(Cl)cc1NC(=O)c1nc(N)n[nH]1. The van der Waals surface area contributed by atoms with Gasteiger partial charge in [-0.1, -0.05) is 11.6 Å². The number of aromatic nitrogens is 3. The molecule has 104 valence electrons. The summed E-state index contributed by atoms with van der Waals surface area (Å²) in [5.74, 6) is -1.36. The van der Waals surface area contributed by atoms with Crippen molar-refractivity contribution in [2.75, 3.05) is 18.2 Å². The Balaban J connectivity index is 2.30. The number of hydrogen-bond acceptors (Lipinski definition) is 6. The van der Waals surface area contributed by atoms with Gasteiger partial charge in [0.2, 0.25) is 11.8 Å². The predicted octanol–water partition coefficient (Wildman–Crippen LogP) is 1.08. The number of anilines is 2. The van der Waals surface area contributed by atoms with Gasteiger partial charge in [-0.05, 0) is 18.2 Å². The van der Waals surface area contributed by atoms with Gasteiger partial charge in [0, 0.05) is 5.02 Å². The summed E-state index contributed by atoms with van der Waals surface area (Å²) in [4.78, 5) is 27.2. The summed E-state index contributed by atoms with van der Waals surface area (Å²) in [6.45, 7) is 0. The van der Waals surface area contributed by atoms with Crippen LogP contribution in [0, 0.1) is 0 Å². The van der Waals surface area contributed by atoms with Gasteiger partial charge in [0.25, 0.3) is 5.91 Å².